The van der Waals surface area contributed by atoms with Crippen LogP contribution in [0, 0.1) is 5.41 Å². The van der Waals surface area contributed by atoms with Crippen LogP contribution in [0.2, 0.25) is 0 Å². The van der Waals surface area contributed by atoms with Gasteiger partial charge in [0.05, 0.1) is 0 Å². The van der Waals surface area contributed by atoms with Crippen molar-refractivity contribution in [3.8, 4) is 0 Å². The second-order valence-electron chi connectivity index (χ2n) is 5.51. The molecule has 1 heterocycles. The average Bonchev–Trinajstić information content (AvgIpc) is 2.38. The molecule has 0 amide bonds. The van der Waals surface area contributed by atoms with E-state index in [1.54, 1.807) is 0 Å². The SMILES string of the molecule is CCNCc1ccc(N2CC(CC)(CC)C2)cc1. The lowest BCUT2D eigenvalue weighted by atomic mass is 9.75. The fourth-order valence-corrected chi connectivity index (χ4v) is 2.74. The van der Waals surface area contributed by atoms with Crippen molar-refractivity contribution in [3.63, 3.8) is 0 Å². The highest BCUT2D eigenvalue weighted by atomic mass is 15.2. The molecule has 18 heavy (non-hydrogen) atoms. The van der Waals surface area contributed by atoms with E-state index in [0.29, 0.717) is 5.41 Å². The molecule has 100 valence electrons. The van der Waals surface area contributed by atoms with Crippen molar-refractivity contribution in [1.29, 1.82) is 0 Å². The molecular weight excluding hydrogens is 220 g/mol. The van der Waals surface area contributed by atoms with Crippen molar-refractivity contribution in [2.24, 2.45) is 5.41 Å². The van der Waals surface area contributed by atoms with Crippen LogP contribution in [0.3, 0.4) is 0 Å². The summed E-state index contributed by atoms with van der Waals surface area (Å²) in [6, 6.07) is 9.02. The molecular formula is C16H26N2. The zero-order chi connectivity index (χ0) is 13.0. The first-order valence-corrected chi connectivity index (χ1v) is 7.27. The quantitative estimate of drug-likeness (QED) is 0.827. The van der Waals surface area contributed by atoms with Gasteiger partial charge in [0.25, 0.3) is 0 Å². The molecule has 1 aromatic carbocycles. The maximum absolute atomic E-state index is 3.36. The molecule has 1 saturated heterocycles. The van der Waals surface area contributed by atoms with Gasteiger partial charge in [0.1, 0.15) is 0 Å². The predicted molar refractivity (Wildman–Crippen MR) is 79.1 cm³/mol. The monoisotopic (exact) mass is 246 g/mol. The summed E-state index contributed by atoms with van der Waals surface area (Å²) in [6.07, 6.45) is 2.61. The van der Waals surface area contributed by atoms with Crippen molar-refractivity contribution >= 4 is 5.69 Å². The zero-order valence-corrected chi connectivity index (χ0v) is 12.0. The summed E-state index contributed by atoms with van der Waals surface area (Å²) < 4.78 is 0. The van der Waals surface area contributed by atoms with E-state index in [1.807, 2.05) is 0 Å². The summed E-state index contributed by atoms with van der Waals surface area (Å²) in [7, 11) is 0. The number of benzene rings is 1. The molecule has 0 unspecified atom stereocenters. The Morgan fingerprint density at radius 2 is 1.67 bits per heavy atom. The van der Waals surface area contributed by atoms with Crippen molar-refractivity contribution in [3.05, 3.63) is 29.8 Å². The van der Waals surface area contributed by atoms with E-state index in [4.69, 9.17) is 0 Å². The molecule has 1 N–H and O–H groups in total. The topological polar surface area (TPSA) is 15.3 Å². The molecule has 0 radical (unpaired) electrons. The van der Waals surface area contributed by atoms with Crippen molar-refractivity contribution in [1.82, 2.24) is 5.32 Å². The molecule has 2 heteroatoms. The van der Waals surface area contributed by atoms with Gasteiger partial charge in [0, 0.05) is 30.7 Å². The Labute approximate surface area is 111 Å². The Kier molecular flexibility index (Phi) is 4.28. The van der Waals surface area contributed by atoms with Crippen molar-refractivity contribution in [2.75, 3.05) is 24.5 Å². The van der Waals surface area contributed by atoms with E-state index in [9.17, 15) is 0 Å². The van der Waals surface area contributed by atoms with Gasteiger partial charge in [-0.25, -0.2) is 0 Å². The minimum Gasteiger partial charge on any atom is -0.370 e. The molecule has 0 aliphatic carbocycles. The largest absolute Gasteiger partial charge is 0.370 e. The predicted octanol–water partition coefficient (Wildman–Crippen LogP) is 3.42. The summed E-state index contributed by atoms with van der Waals surface area (Å²) in [5.41, 5.74) is 3.34. The van der Waals surface area contributed by atoms with E-state index < -0.39 is 0 Å². The van der Waals surface area contributed by atoms with E-state index in [0.717, 1.165) is 13.1 Å². The third-order valence-corrected chi connectivity index (χ3v) is 4.43. The van der Waals surface area contributed by atoms with Crippen LogP contribution in [0.4, 0.5) is 5.69 Å². The second kappa shape index (κ2) is 5.75. The van der Waals surface area contributed by atoms with Gasteiger partial charge in [0.15, 0.2) is 0 Å². The number of nitrogens with zero attached hydrogens (tertiary/aromatic N) is 1. The summed E-state index contributed by atoms with van der Waals surface area (Å²) >= 11 is 0. The van der Waals surface area contributed by atoms with E-state index >= 15 is 0 Å². The molecule has 1 fully saturated rings. The van der Waals surface area contributed by atoms with Crippen LogP contribution in [0.1, 0.15) is 39.2 Å². The van der Waals surface area contributed by atoms with Gasteiger partial charge in [-0.1, -0.05) is 32.9 Å². The normalized spacial score (nSPS) is 17.6. The molecule has 1 aromatic rings. The van der Waals surface area contributed by atoms with Crippen LogP contribution in [0.25, 0.3) is 0 Å². The molecule has 1 aliphatic rings. The standard InChI is InChI=1S/C16H26N2/c1-4-16(5-2)12-18(13-16)15-9-7-14(8-10-15)11-17-6-3/h7-10,17H,4-6,11-13H2,1-3H3. The fraction of sp³-hybridized carbons (Fsp3) is 0.625. The second-order valence-corrected chi connectivity index (χ2v) is 5.51. The number of nitrogens with one attached hydrogen (secondary N) is 1. The molecule has 0 bridgehead atoms. The average molecular weight is 246 g/mol. The Bertz CT molecular complexity index is 357. The van der Waals surface area contributed by atoms with Crippen LogP contribution < -0.4 is 10.2 Å². The van der Waals surface area contributed by atoms with Gasteiger partial charge in [-0.2, -0.15) is 0 Å². The number of rotatable bonds is 6. The number of anilines is 1. The Morgan fingerprint density at radius 1 is 1.06 bits per heavy atom. The van der Waals surface area contributed by atoms with Gasteiger partial charge in [-0.3, -0.25) is 0 Å². The summed E-state index contributed by atoms with van der Waals surface area (Å²) in [5, 5.41) is 3.36. The van der Waals surface area contributed by atoms with Crippen LogP contribution in [0.5, 0.6) is 0 Å². The van der Waals surface area contributed by atoms with Crippen LogP contribution in [-0.4, -0.2) is 19.6 Å². The van der Waals surface area contributed by atoms with Crippen LogP contribution >= 0.6 is 0 Å². The molecule has 0 atom stereocenters. The Balaban J connectivity index is 1.92. The molecule has 1 aliphatic heterocycles. The Morgan fingerprint density at radius 3 is 2.17 bits per heavy atom. The first-order valence-electron chi connectivity index (χ1n) is 7.27. The van der Waals surface area contributed by atoms with Gasteiger partial charge < -0.3 is 10.2 Å². The van der Waals surface area contributed by atoms with E-state index in [-0.39, 0.29) is 0 Å². The van der Waals surface area contributed by atoms with E-state index in [1.165, 1.54) is 37.2 Å². The van der Waals surface area contributed by atoms with Gasteiger partial charge in [-0.15, -0.1) is 0 Å². The van der Waals surface area contributed by atoms with Gasteiger partial charge >= 0.3 is 0 Å². The first-order chi connectivity index (χ1) is 8.73. The lowest BCUT2D eigenvalue weighted by Crippen LogP contribution is -2.55. The minimum atomic E-state index is 0.586. The van der Waals surface area contributed by atoms with Crippen LogP contribution in [-0.2, 0) is 6.54 Å². The first kappa shape index (κ1) is 13.4. The maximum Gasteiger partial charge on any atom is 0.0366 e. The molecule has 0 spiro atoms. The summed E-state index contributed by atoms with van der Waals surface area (Å²) in [6.45, 7) is 11.2. The van der Waals surface area contributed by atoms with Crippen molar-refractivity contribution in [2.45, 2.75) is 40.2 Å². The maximum atomic E-state index is 3.36. The van der Waals surface area contributed by atoms with Gasteiger partial charge in [-0.05, 0) is 37.1 Å². The molecule has 0 saturated carbocycles. The highest BCUT2D eigenvalue weighted by molar-refractivity contribution is 5.50. The Hall–Kier alpha value is -1.02. The lowest BCUT2D eigenvalue weighted by Gasteiger charge is -2.51. The fourth-order valence-electron chi connectivity index (χ4n) is 2.74. The third-order valence-electron chi connectivity index (χ3n) is 4.43. The lowest BCUT2D eigenvalue weighted by molar-refractivity contribution is 0.194. The molecule has 2 nitrogen and oxygen atoms in total. The smallest absolute Gasteiger partial charge is 0.0366 e. The zero-order valence-electron chi connectivity index (χ0n) is 12.0. The molecule has 0 aromatic heterocycles. The third kappa shape index (κ3) is 2.69. The van der Waals surface area contributed by atoms with Gasteiger partial charge in [0.2, 0.25) is 0 Å². The van der Waals surface area contributed by atoms with E-state index in [2.05, 4.69) is 55.3 Å². The summed E-state index contributed by atoms with van der Waals surface area (Å²) in [4.78, 5) is 2.50. The minimum absolute atomic E-state index is 0.586. The number of hydrogen-bond acceptors (Lipinski definition) is 2. The van der Waals surface area contributed by atoms with Crippen LogP contribution in [0.15, 0.2) is 24.3 Å². The van der Waals surface area contributed by atoms with Crippen molar-refractivity contribution < 1.29 is 0 Å². The number of hydrogen-bond donors (Lipinski definition) is 1. The highest BCUT2D eigenvalue weighted by Gasteiger charge is 2.39. The molecule has 2 rings (SSSR count). The highest BCUT2D eigenvalue weighted by Crippen LogP contribution is 2.39. The summed E-state index contributed by atoms with van der Waals surface area (Å²) in [5.74, 6) is 0.